The van der Waals surface area contributed by atoms with Crippen LogP contribution in [0.15, 0.2) is 17.3 Å². The molecule has 3 rings (SSSR count). The van der Waals surface area contributed by atoms with Crippen molar-refractivity contribution in [3.05, 3.63) is 22.9 Å². The highest BCUT2D eigenvalue weighted by Crippen LogP contribution is 2.15. The first-order valence-electron chi connectivity index (χ1n) is 8.91. The van der Waals surface area contributed by atoms with Crippen molar-refractivity contribution < 1.29 is 4.79 Å². The van der Waals surface area contributed by atoms with Gasteiger partial charge in [-0.1, -0.05) is 6.92 Å². The minimum atomic E-state index is -0.240. The minimum Gasteiger partial charge on any atom is -0.354 e. The maximum atomic E-state index is 12.3. The molecule has 8 heteroatoms. The number of carbonyl (C=O) groups is 1. The van der Waals surface area contributed by atoms with E-state index in [4.69, 9.17) is 0 Å². The number of nitrogens with one attached hydrogen (secondary N) is 1. The quantitative estimate of drug-likeness (QED) is 0.764. The molecule has 25 heavy (non-hydrogen) atoms. The van der Waals surface area contributed by atoms with Crippen LogP contribution < -0.4 is 10.9 Å². The summed E-state index contributed by atoms with van der Waals surface area (Å²) in [6.45, 7) is 6.22. The van der Waals surface area contributed by atoms with Crippen LogP contribution in [0.5, 0.6) is 0 Å². The van der Waals surface area contributed by atoms with Crippen LogP contribution in [-0.2, 0) is 18.4 Å². The van der Waals surface area contributed by atoms with Crippen LogP contribution in [0.25, 0.3) is 11.0 Å². The zero-order chi connectivity index (χ0) is 17.8. The van der Waals surface area contributed by atoms with Gasteiger partial charge < -0.3 is 10.2 Å². The molecule has 1 N–H and O–H groups in total. The molecule has 0 aromatic carbocycles. The predicted octanol–water partition coefficient (Wildman–Crippen LogP) is 0.368. The molecule has 3 heterocycles. The van der Waals surface area contributed by atoms with Gasteiger partial charge in [0, 0.05) is 20.1 Å². The zero-order valence-corrected chi connectivity index (χ0v) is 14.9. The first-order chi connectivity index (χ1) is 12.0. The Morgan fingerprint density at radius 2 is 2.28 bits per heavy atom. The molecule has 0 spiro atoms. The van der Waals surface area contributed by atoms with E-state index >= 15 is 0 Å². The second kappa shape index (κ2) is 7.77. The number of aryl methyl sites for hydroxylation is 1. The lowest BCUT2D eigenvalue weighted by atomic mass is 10.0. The van der Waals surface area contributed by atoms with Crippen molar-refractivity contribution in [3.8, 4) is 0 Å². The third kappa shape index (κ3) is 4.25. The number of likely N-dealkylation sites (tertiary alicyclic amines) is 1. The van der Waals surface area contributed by atoms with Crippen molar-refractivity contribution in [2.24, 2.45) is 13.0 Å². The zero-order valence-electron chi connectivity index (χ0n) is 14.9. The summed E-state index contributed by atoms with van der Waals surface area (Å²) in [6, 6.07) is 0. The van der Waals surface area contributed by atoms with Gasteiger partial charge in [-0.2, -0.15) is 5.10 Å². The van der Waals surface area contributed by atoms with Gasteiger partial charge in [-0.3, -0.25) is 18.8 Å². The molecule has 1 amide bonds. The number of hydrogen-bond acceptors (Lipinski definition) is 5. The maximum absolute atomic E-state index is 12.3. The number of carbonyl (C=O) groups excluding carboxylic acids is 1. The first kappa shape index (κ1) is 17.6. The van der Waals surface area contributed by atoms with Gasteiger partial charge in [0.05, 0.1) is 6.20 Å². The molecule has 1 atom stereocenters. The van der Waals surface area contributed by atoms with E-state index in [-0.39, 0.29) is 18.0 Å². The van der Waals surface area contributed by atoms with Crippen LogP contribution in [0, 0.1) is 5.92 Å². The predicted molar refractivity (Wildman–Crippen MR) is 95.2 cm³/mol. The lowest BCUT2D eigenvalue weighted by Gasteiger charge is -2.30. The highest BCUT2D eigenvalue weighted by atomic mass is 16.2. The van der Waals surface area contributed by atoms with E-state index < -0.39 is 0 Å². The van der Waals surface area contributed by atoms with Crippen LogP contribution in [0.1, 0.15) is 26.2 Å². The van der Waals surface area contributed by atoms with Crippen LogP contribution >= 0.6 is 0 Å². The number of aromatic nitrogens is 4. The van der Waals surface area contributed by atoms with Gasteiger partial charge in [0.2, 0.25) is 5.91 Å². The highest BCUT2D eigenvalue weighted by molar-refractivity contribution is 5.77. The summed E-state index contributed by atoms with van der Waals surface area (Å²) in [4.78, 5) is 31.1. The van der Waals surface area contributed by atoms with Gasteiger partial charge in [0.1, 0.15) is 18.3 Å². The Balaban J connectivity index is 1.46. The Kier molecular flexibility index (Phi) is 5.47. The largest absolute Gasteiger partial charge is 0.354 e. The molecule has 1 fully saturated rings. The van der Waals surface area contributed by atoms with Crippen molar-refractivity contribution >= 4 is 16.9 Å². The third-order valence-electron chi connectivity index (χ3n) is 4.75. The molecular weight excluding hydrogens is 320 g/mol. The second-order valence-corrected chi connectivity index (χ2v) is 6.93. The molecular formula is C17H26N6O2. The maximum Gasteiger partial charge on any atom is 0.264 e. The van der Waals surface area contributed by atoms with Crippen molar-refractivity contribution in [1.29, 1.82) is 0 Å². The highest BCUT2D eigenvalue weighted by Gasteiger charge is 2.15. The SMILES string of the molecule is CC1CCCN(CCCNC(=O)Cn2cnc3c(cnn3C)c2=O)C1. The van der Waals surface area contributed by atoms with Crippen molar-refractivity contribution in [3.63, 3.8) is 0 Å². The third-order valence-corrected chi connectivity index (χ3v) is 4.75. The fraction of sp³-hybridized carbons (Fsp3) is 0.647. The summed E-state index contributed by atoms with van der Waals surface area (Å²) in [5.74, 6) is 0.601. The average Bonchev–Trinajstić information content (AvgIpc) is 2.96. The van der Waals surface area contributed by atoms with Crippen molar-refractivity contribution in [1.82, 2.24) is 29.5 Å². The fourth-order valence-electron chi connectivity index (χ4n) is 3.41. The van der Waals surface area contributed by atoms with E-state index in [0.29, 0.717) is 17.6 Å². The van der Waals surface area contributed by atoms with E-state index in [0.717, 1.165) is 32.0 Å². The van der Waals surface area contributed by atoms with E-state index in [1.165, 1.54) is 29.9 Å². The van der Waals surface area contributed by atoms with Gasteiger partial charge in [-0.25, -0.2) is 4.98 Å². The number of hydrogen-bond donors (Lipinski definition) is 1. The normalized spacial score (nSPS) is 18.6. The Bertz CT molecular complexity index is 796. The Morgan fingerprint density at radius 1 is 1.44 bits per heavy atom. The molecule has 0 saturated carbocycles. The second-order valence-electron chi connectivity index (χ2n) is 6.93. The molecule has 1 aliphatic rings. The summed E-state index contributed by atoms with van der Waals surface area (Å²) < 4.78 is 2.87. The van der Waals surface area contributed by atoms with Crippen LogP contribution in [-0.4, -0.2) is 56.3 Å². The molecule has 136 valence electrons. The molecule has 1 unspecified atom stereocenters. The summed E-state index contributed by atoms with van der Waals surface area (Å²) in [5, 5.41) is 7.34. The number of rotatable bonds is 6. The van der Waals surface area contributed by atoms with Gasteiger partial charge in [-0.05, 0) is 38.3 Å². The average molecular weight is 346 g/mol. The van der Waals surface area contributed by atoms with E-state index in [2.05, 4.69) is 27.2 Å². The lowest BCUT2D eigenvalue weighted by Crippen LogP contribution is -2.37. The minimum absolute atomic E-state index is 0.0165. The standard InChI is InChI=1S/C17H26N6O2/c1-13-5-3-7-22(10-13)8-4-6-18-15(24)11-23-12-19-16-14(17(23)25)9-20-21(16)2/h9,12-13H,3-8,10-11H2,1-2H3,(H,18,24). The molecule has 2 aromatic heterocycles. The molecule has 0 bridgehead atoms. The fourth-order valence-corrected chi connectivity index (χ4v) is 3.41. The Morgan fingerprint density at radius 3 is 3.08 bits per heavy atom. The molecule has 2 aromatic rings. The number of nitrogens with zero attached hydrogens (tertiary/aromatic N) is 5. The Hall–Kier alpha value is -2.22. The van der Waals surface area contributed by atoms with Gasteiger partial charge >= 0.3 is 0 Å². The van der Waals surface area contributed by atoms with Gasteiger partial charge in [-0.15, -0.1) is 0 Å². The van der Waals surface area contributed by atoms with Crippen LogP contribution in [0.4, 0.5) is 0 Å². The number of piperidine rings is 1. The van der Waals surface area contributed by atoms with E-state index in [9.17, 15) is 9.59 Å². The molecule has 1 saturated heterocycles. The Labute approximate surface area is 146 Å². The lowest BCUT2D eigenvalue weighted by molar-refractivity contribution is -0.121. The summed E-state index contributed by atoms with van der Waals surface area (Å²) in [6.07, 6.45) is 6.39. The van der Waals surface area contributed by atoms with Gasteiger partial charge in [0.25, 0.3) is 5.56 Å². The number of fused-ring (bicyclic) bond motifs is 1. The molecule has 1 aliphatic heterocycles. The smallest absolute Gasteiger partial charge is 0.264 e. The topological polar surface area (TPSA) is 85.1 Å². The summed E-state index contributed by atoms with van der Waals surface area (Å²) in [5.41, 5.74) is 0.285. The summed E-state index contributed by atoms with van der Waals surface area (Å²) in [7, 11) is 1.73. The number of amides is 1. The van der Waals surface area contributed by atoms with Crippen molar-refractivity contribution in [2.75, 3.05) is 26.2 Å². The van der Waals surface area contributed by atoms with Crippen LogP contribution in [0.3, 0.4) is 0 Å². The first-order valence-corrected chi connectivity index (χ1v) is 8.91. The molecule has 8 nitrogen and oxygen atoms in total. The van der Waals surface area contributed by atoms with E-state index in [1.807, 2.05) is 0 Å². The van der Waals surface area contributed by atoms with Crippen LogP contribution in [0.2, 0.25) is 0 Å². The monoisotopic (exact) mass is 346 g/mol. The summed E-state index contributed by atoms with van der Waals surface area (Å²) >= 11 is 0. The van der Waals surface area contributed by atoms with Crippen molar-refractivity contribution in [2.45, 2.75) is 32.7 Å². The molecule has 0 aliphatic carbocycles. The van der Waals surface area contributed by atoms with Gasteiger partial charge in [0.15, 0.2) is 5.65 Å². The van der Waals surface area contributed by atoms with E-state index in [1.54, 1.807) is 11.7 Å². The molecule has 0 radical (unpaired) electrons.